The Morgan fingerprint density at radius 1 is 1.29 bits per heavy atom. The molecule has 1 aliphatic heterocycles. The van der Waals surface area contributed by atoms with Crippen molar-refractivity contribution < 1.29 is 9.53 Å². The average Bonchev–Trinajstić information content (AvgIpc) is 2.43. The lowest BCUT2D eigenvalue weighted by molar-refractivity contribution is -0.144. The Labute approximate surface area is 103 Å². The Kier molecular flexibility index (Phi) is 1.98. The van der Waals surface area contributed by atoms with Gasteiger partial charge in [-0.3, -0.25) is 0 Å². The number of hydrogen-bond acceptors (Lipinski definition) is 2. The van der Waals surface area contributed by atoms with Crippen LogP contribution in [0.15, 0.2) is 23.3 Å². The molecule has 0 N–H and O–H groups in total. The van der Waals surface area contributed by atoms with Crippen LogP contribution in [0.1, 0.15) is 34.1 Å². The molecule has 3 rings (SSSR count). The van der Waals surface area contributed by atoms with Crippen molar-refractivity contribution in [3.8, 4) is 0 Å². The molecule has 92 valence electrons. The van der Waals surface area contributed by atoms with Crippen LogP contribution in [0.25, 0.3) is 0 Å². The number of ether oxygens (including phenoxy) is 1. The molecule has 2 aliphatic carbocycles. The molecule has 0 aromatic heterocycles. The second-order valence-corrected chi connectivity index (χ2v) is 6.78. The molecule has 0 aromatic rings. The lowest BCUT2D eigenvalue weighted by Gasteiger charge is -2.36. The van der Waals surface area contributed by atoms with Gasteiger partial charge in [0.2, 0.25) is 0 Å². The number of rotatable bonds is 0. The summed E-state index contributed by atoms with van der Waals surface area (Å²) in [5.41, 5.74) is 2.61. The van der Waals surface area contributed by atoms with Gasteiger partial charge in [-0.2, -0.15) is 0 Å². The zero-order chi connectivity index (χ0) is 12.4. The van der Waals surface area contributed by atoms with Crippen LogP contribution >= 0.6 is 0 Å². The molecule has 0 radical (unpaired) electrons. The number of cyclic esters (lactones) is 1. The maximum Gasteiger partial charge on any atom is 0.334 e. The summed E-state index contributed by atoms with van der Waals surface area (Å²) in [7, 11) is 0. The first-order chi connectivity index (χ1) is 7.85. The highest BCUT2D eigenvalue weighted by atomic mass is 16.5. The van der Waals surface area contributed by atoms with Crippen molar-refractivity contribution in [2.45, 2.75) is 34.1 Å². The van der Waals surface area contributed by atoms with Gasteiger partial charge in [0, 0.05) is 22.8 Å². The average molecular weight is 232 g/mol. The summed E-state index contributed by atoms with van der Waals surface area (Å²) < 4.78 is 5.41. The third-order valence-corrected chi connectivity index (χ3v) is 4.73. The highest BCUT2D eigenvalue weighted by molar-refractivity contribution is 5.92. The zero-order valence-corrected chi connectivity index (χ0v) is 11.0. The lowest BCUT2D eigenvalue weighted by Crippen LogP contribution is -2.35. The zero-order valence-electron chi connectivity index (χ0n) is 11.0. The summed E-state index contributed by atoms with van der Waals surface area (Å²) in [5, 5.41) is 0. The van der Waals surface area contributed by atoms with E-state index in [1.165, 1.54) is 5.57 Å². The van der Waals surface area contributed by atoms with E-state index in [1.54, 1.807) is 0 Å². The maximum absolute atomic E-state index is 12.0. The Hall–Kier alpha value is -1.05. The first kappa shape index (κ1) is 11.1. The van der Waals surface area contributed by atoms with Crippen molar-refractivity contribution in [2.75, 3.05) is 6.61 Å². The van der Waals surface area contributed by atoms with Crippen LogP contribution in [-0.4, -0.2) is 12.6 Å². The first-order valence-corrected chi connectivity index (χ1v) is 6.45. The van der Waals surface area contributed by atoms with Crippen LogP contribution in [0.3, 0.4) is 0 Å². The summed E-state index contributed by atoms with van der Waals surface area (Å²) in [6.45, 7) is 9.51. The van der Waals surface area contributed by atoms with Crippen LogP contribution in [0.2, 0.25) is 0 Å². The van der Waals surface area contributed by atoms with Gasteiger partial charge in [0.1, 0.15) is 6.61 Å². The quantitative estimate of drug-likeness (QED) is 0.474. The van der Waals surface area contributed by atoms with Gasteiger partial charge < -0.3 is 4.74 Å². The summed E-state index contributed by atoms with van der Waals surface area (Å²) in [6.07, 6.45) is 5.59. The predicted molar refractivity (Wildman–Crippen MR) is 66.3 cm³/mol. The van der Waals surface area contributed by atoms with Crippen molar-refractivity contribution >= 4 is 5.97 Å². The Morgan fingerprint density at radius 2 is 2.00 bits per heavy atom. The number of allylic oxidation sites excluding steroid dienone is 2. The molecule has 0 unspecified atom stereocenters. The van der Waals surface area contributed by atoms with E-state index in [9.17, 15) is 4.79 Å². The van der Waals surface area contributed by atoms with Crippen LogP contribution in [0, 0.1) is 22.7 Å². The van der Waals surface area contributed by atoms with Crippen LogP contribution in [0.5, 0.6) is 0 Å². The van der Waals surface area contributed by atoms with E-state index >= 15 is 0 Å². The van der Waals surface area contributed by atoms with Crippen molar-refractivity contribution in [3.05, 3.63) is 23.3 Å². The fraction of sp³-hybridized carbons (Fsp3) is 0.667. The molecule has 1 heterocycles. The number of carbonyl (C=O) groups is 1. The Balaban J connectivity index is 2.24. The molecule has 17 heavy (non-hydrogen) atoms. The molecule has 0 aromatic carbocycles. The molecule has 2 nitrogen and oxygen atoms in total. The van der Waals surface area contributed by atoms with Crippen LogP contribution in [-0.2, 0) is 9.53 Å². The van der Waals surface area contributed by atoms with Gasteiger partial charge in [-0.25, -0.2) is 4.79 Å². The fourth-order valence-corrected chi connectivity index (χ4v) is 4.17. The molecule has 3 aliphatic rings. The van der Waals surface area contributed by atoms with Crippen molar-refractivity contribution in [1.29, 1.82) is 0 Å². The maximum atomic E-state index is 12.0. The Morgan fingerprint density at radius 3 is 2.71 bits per heavy atom. The van der Waals surface area contributed by atoms with E-state index < -0.39 is 0 Å². The second kappa shape index (κ2) is 3.04. The van der Waals surface area contributed by atoms with Gasteiger partial charge in [-0.05, 0) is 17.4 Å². The molecule has 0 bridgehead atoms. The van der Waals surface area contributed by atoms with E-state index in [1.807, 2.05) is 0 Å². The monoisotopic (exact) mass is 232 g/mol. The minimum Gasteiger partial charge on any atom is -0.461 e. The third kappa shape index (κ3) is 1.30. The van der Waals surface area contributed by atoms with E-state index in [4.69, 9.17) is 4.74 Å². The van der Waals surface area contributed by atoms with Gasteiger partial charge in [-0.1, -0.05) is 39.8 Å². The van der Waals surface area contributed by atoms with Gasteiger partial charge in [-0.15, -0.1) is 0 Å². The lowest BCUT2D eigenvalue weighted by atomic mass is 9.72. The van der Waals surface area contributed by atoms with E-state index in [2.05, 4.69) is 39.8 Å². The first-order valence-electron chi connectivity index (χ1n) is 6.45. The van der Waals surface area contributed by atoms with Crippen LogP contribution < -0.4 is 0 Å². The SMILES string of the molecule is C[C@@H]1C=C[C@H]2C3=C1C(=O)OC[C@@]3(C)CC2(C)C. The van der Waals surface area contributed by atoms with Gasteiger partial charge in [0.25, 0.3) is 0 Å². The second-order valence-electron chi connectivity index (χ2n) is 6.78. The minimum atomic E-state index is -0.0861. The molecule has 0 amide bonds. The van der Waals surface area contributed by atoms with E-state index in [-0.39, 0.29) is 22.7 Å². The standard InChI is InChI=1S/C15H20O2/c1-9-5-6-10-12-11(9)13(16)17-8-15(12,4)7-14(10,2)3/h5-6,9-10H,7-8H2,1-4H3/t9-,10+,15-/m1/s1. The fourth-order valence-electron chi connectivity index (χ4n) is 4.17. The largest absolute Gasteiger partial charge is 0.461 e. The summed E-state index contributed by atoms with van der Waals surface area (Å²) >= 11 is 0. The molecular formula is C15H20O2. The highest BCUT2D eigenvalue weighted by Crippen LogP contribution is 2.61. The van der Waals surface area contributed by atoms with Gasteiger partial charge in [0.05, 0.1) is 0 Å². The molecule has 0 saturated heterocycles. The Bertz CT molecular complexity index is 456. The molecular weight excluding hydrogens is 212 g/mol. The van der Waals surface area contributed by atoms with Crippen molar-refractivity contribution in [2.24, 2.45) is 22.7 Å². The molecule has 2 heteroatoms. The van der Waals surface area contributed by atoms with Crippen molar-refractivity contribution in [3.63, 3.8) is 0 Å². The normalized spacial score (nSPS) is 42.5. The molecule has 3 atom stereocenters. The summed E-state index contributed by atoms with van der Waals surface area (Å²) in [5.74, 6) is 0.547. The van der Waals surface area contributed by atoms with Gasteiger partial charge >= 0.3 is 5.97 Å². The van der Waals surface area contributed by atoms with Crippen LogP contribution in [0.4, 0.5) is 0 Å². The smallest absolute Gasteiger partial charge is 0.334 e. The predicted octanol–water partition coefficient (Wildman–Crippen LogP) is 3.10. The summed E-state index contributed by atoms with van der Waals surface area (Å²) in [4.78, 5) is 12.0. The molecule has 1 fully saturated rings. The molecule has 1 saturated carbocycles. The summed E-state index contributed by atoms with van der Waals surface area (Å²) in [6, 6.07) is 0. The van der Waals surface area contributed by atoms with Crippen molar-refractivity contribution in [1.82, 2.24) is 0 Å². The van der Waals surface area contributed by atoms with Gasteiger partial charge in [0.15, 0.2) is 0 Å². The third-order valence-electron chi connectivity index (χ3n) is 4.73. The number of carbonyl (C=O) groups excluding carboxylic acids is 1. The topological polar surface area (TPSA) is 26.3 Å². The highest BCUT2D eigenvalue weighted by Gasteiger charge is 2.55. The molecule has 0 spiro atoms. The minimum absolute atomic E-state index is 0.0659. The number of esters is 1. The number of hydrogen-bond donors (Lipinski definition) is 0. The van der Waals surface area contributed by atoms with E-state index in [0.29, 0.717) is 12.5 Å². The van der Waals surface area contributed by atoms with E-state index in [0.717, 1.165) is 12.0 Å².